The second-order valence-electron chi connectivity index (χ2n) is 4.44. The van der Waals surface area contributed by atoms with Gasteiger partial charge in [0, 0.05) is 25.3 Å². The van der Waals surface area contributed by atoms with Crippen molar-refractivity contribution < 1.29 is 4.79 Å². The van der Waals surface area contributed by atoms with Gasteiger partial charge in [-0.2, -0.15) is 0 Å². The molecule has 3 N–H and O–H groups in total. The molecule has 0 saturated heterocycles. The van der Waals surface area contributed by atoms with Crippen LogP contribution in [0, 0.1) is 0 Å². The number of hydrogen-bond acceptors (Lipinski definition) is 4. The highest BCUT2D eigenvalue weighted by atomic mass is 16.2. The van der Waals surface area contributed by atoms with Crippen molar-refractivity contribution in [1.82, 2.24) is 10.3 Å². The summed E-state index contributed by atoms with van der Waals surface area (Å²) in [6, 6.07) is 2.04. The minimum absolute atomic E-state index is 0.0127. The molecule has 18 heavy (non-hydrogen) atoms. The molecule has 0 radical (unpaired) electrons. The first-order chi connectivity index (χ1) is 8.58. The van der Waals surface area contributed by atoms with Crippen molar-refractivity contribution in [2.45, 2.75) is 33.4 Å². The van der Waals surface area contributed by atoms with Crippen molar-refractivity contribution in [1.29, 1.82) is 0 Å². The van der Waals surface area contributed by atoms with Gasteiger partial charge in [0.25, 0.3) is 0 Å². The lowest BCUT2D eigenvalue weighted by atomic mass is 10.2. The second-order valence-corrected chi connectivity index (χ2v) is 4.44. The zero-order chi connectivity index (χ0) is 13.5. The fourth-order valence-electron chi connectivity index (χ4n) is 1.78. The average Bonchev–Trinajstić information content (AvgIpc) is 2.35. The van der Waals surface area contributed by atoms with Gasteiger partial charge in [-0.15, -0.1) is 0 Å². The summed E-state index contributed by atoms with van der Waals surface area (Å²) in [5, 5.41) is 2.88. The van der Waals surface area contributed by atoms with E-state index in [9.17, 15) is 4.79 Å². The van der Waals surface area contributed by atoms with Crippen molar-refractivity contribution in [2.24, 2.45) is 5.73 Å². The van der Waals surface area contributed by atoms with Crippen LogP contribution in [0.15, 0.2) is 18.5 Å². The zero-order valence-electron chi connectivity index (χ0n) is 11.3. The molecule has 0 unspecified atom stereocenters. The molecule has 5 heteroatoms. The molecule has 1 aromatic rings. The number of aromatic nitrogens is 1. The van der Waals surface area contributed by atoms with E-state index in [2.05, 4.69) is 10.3 Å². The number of carbonyl (C=O) groups is 1. The number of amides is 1. The van der Waals surface area contributed by atoms with Crippen molar-refractivity contribution in [2.75, 3.05) is 18.0 Å². The average molecular weight is 250 g/mol. The molecule has 1 rings (SSSR count). The number of rotatable bonds is 6. The van der Waals surface area contributed by atoms with Crippen LogP contribution in [0.4, 0.5) is 5.69 Å². The third-order valence-corrected chi connectivity index (χ3v) is 2.61. The molecule has 1 heterocycles. The van der Waals surface area contributed by atoms with Gasteiger partial charge in [0.1, 0.15) is 0 Å². The lowest BCUT2D eigenvalue weighted by molar-refractivity contribution is -0.120. The second kappa shape index (κ2) is 6.96. The summed E-state index contributed by atoms with van der Waals surface area (Å²) in [5.41, 5.74) is 7.64. The Morgan fingerprint density at radius 3 is 2.83 bits per heavy atom. The van der Waals surface area contributed by atoms with E-state index in [0.717, 1.165) is 17.8 Å². The summed E-state index contributed by atoms with van der Waals surface area (Å²) in [7, 11) is 0. The molecule has 0 spiro atoms. The van der Waals surface area contributed by atoms with Crippen molar-refractivity contribution in [3.8, 4) is 0 Å². The Labute approximate surface area is 108 Å². The normalized spacial score (nSPS) is 10.5. The van der Waals surface area contributed by atoms with Crippen LogP contribution in [0.2, 0.25) is 0 Å². The lowest BCUT2D eigenvalue weighted by Gasteiger charge is -2.24. The van der Waals surface area contributed by atoms with Crippen LogP contribution in [0.25, 0.3) is 0 Å². The SMILES string of the molecule is CCN(CC(=O)NC(C)C)c1cnccc1CN. The Hall–Kier alpha value is -1.62. The van der Waals surface area contributed by atoms with E-state index in [0.29, 0.717) is 13.1 Å². The molecule has 100 valence electrons. The van der Waals surface area contributed by atoms with E-state index in [1.165, 1.54) is 0 Å². The van der Waals surface area contributed by atoms with Gasteiger partial charge in [0.2, 0.25) is 5.91 Å². The number of nitrogens with two attached hydrogens (primary N) is 1. The number of anilines is 1. The van der Waals surface area contributed by atoms with Crippen LogP contribution in [0.5, 0.6) is 0 Å². The van der Waals surface area contributed by atoms with Crippen LogP contribution < -0.4 is 16.0 Å². The van der Waals surface area contributed by atoms with Gasteiger partial charge in [-0.1, -0.05) is 0 Å². The first-order valence-electron chi connectivity index (χ1n) is 6.25. The Morgan fingerprint density at radius 2 is 2.28 bits per heavy atom. The smallest absolute Gasteiger partial charge is 0.239 e. The van der Waals surface area contributed by atoms with Crippen molar-refractivity contribution >= 4 is 11.6 Å². The topological polar surface area (TPSA) is 71.2 Å². The minimum atomic E-state index is 0.0127. The number of nitrogens with zero attached hydrogens (tertiary/aromatic N) is 2. The van der Waals surface area contributed by atoms with E-state index in [1.807, 2.05) is 31.7 Å². The zero-order valence-corrected chi connectivity index (χ0v) is 11.3. The van der Waals surface area contributed by atoms with Gasteiger partial charge < -0.3 is 16.0 Å². The summed E-state index contributed by atoms with van der Waals surface area (Å²) in [6.07, 6.45) is 3.47. The Bertz CT molecular complexity index is 392. The van der Waals surface area contributed by atoms with Gasteiger partial charge in [0.05, 0.1) is 18.4 Å². The largest absolute Gasteiger partial charge is 0.361 e. The van der Waals surface area contributed by atoms with E-state index < -0.39 is 0 Å². The Morgan fingerprint density at radius 1 is 1.56 bits per heavy atom. The maximum Gasteiger partial charge on any atom is 0.239 e. The summed E-state index contributed by atoms with van der Waals surface area (Å²) in [5.74, 6) is 0.0127. The number of nitrogens with one attached hydrogen (secondary N) is 1. The fraction of sp³-hybridized carbons (Fsp3) is 0.538. The highest BCUT2D eigenvalue weighted by Gasteiger charge is 2.13. The minimum Gasteiger partial charge on any atom is -0.361 e. The first kappa shape index (κ1) is 14.4. The summed E-state index contributed by atoms with van der Waals surface area (Å²) >= 11 is 0. The monoisotopic (exact) mass is 250 g/mol. The molecule has 0 bridgehead atoms. The molecule has 0 fully saturated rings. The van der Waals surface area contributed by atoms with Gasteiger partial charge in [-0.05, 0) is 32.4 Å². The maximum atomic E-state index is 11.8. The molecule has 0 aliphatic rings. The van der Waals surface area contributed by atoms with E-state index >= 15 is 0 Å². The first-order valence-corrected chi connectivity index (χ1v) is 6.25. The van der Waals surface area contributed by atoms with Crippen LogP contribution >= 0.6 is 0 Å². The number of likely N-dealkylation sites (N-methyl/N-ethyl adjacent to an activating group) is 1. The summed E-state index contributed by atoms with van der Waals surface area (Å²) < 4.78 is 0. The third-order valence-electron chi connectivity index (χ3n) is 2.61. The molecular formula is C13H22N4O. The molecule has 0 aromatic carbocycles. The van der Waals surface area contributed by atoms with Crippen LogP contribution in [-0.4, -0.2) is 30.0 Å². The predicted molar refractivity (Wildman–Crippen MR) is 73.3 cm³/mol. The summed E-state index contributed by atoms with van der Waals surface area (Å²) in [6.45, 7) is 7.42. The molecule has 1 amide bonds. The van der Waals surface area contributed by atoms with Crippen molar-refractivity contribution in [3.05, 3.63) is 24.0 Å². The highest BCUT2D eigenvalue weighted by molar-refractivity contribution is 5.81. The van der Waals surface area contributed by atoms with E-state index in [-0.39, 0.29) is 11.9 Å². The molecule has 0 aliphatic carbocycles. The van der Waals surface area contributed by atoms with Gasteiger partial charge in [0.15, 0.2) is 0 Å². The molecule has 5 nitrogen and oxygen atoms in total. The Kier molecular flexibility index (Phi) is 5.58. The van der Waals surface area contributed by atoms with E-state index in [1.54, 1.807) is 12.4 Å². The standard InChI is InChI=1S/C13H22N4O/c1-4-17(9-13(18)16-10(2)3)12-8-15-6-5-11(12)7-14/h5-6,8,10H,4,7,9,14H2,1-3H3,(H,16,18). The van der Waals surface area contributed by atoms with Crippen LogP contribution in [-0.2, 0) is 11.3 Å². The van der Waals surface area contributed by atoms with E-state index in [4.69, 9.17) is 5.73 Å². The van der Waals surface area contributed by atoms with Crippen LogP contribution in [0.1, 0.15) is 26.3 Å². The fourth-order valence-corrected chi connectivity index (χ4v) is 1.78. The number of pyridine rings is 1. The molecule has 0 aliphatic heterocycles. The third kappa shape index (κ3) is 4.00. The Balaban J connectivity index is 2.79. The quantitative estimate of drug-likeness (QED) is 0.786. The maximum absolute atomic E-state index is 11.8. The number of carbonyl (C=O) groups excluding carboxylic acids is 1. The van der Waals surface area contributed by atoms with Gasteiger partial charge in [-0.3, -0.25) is 9.78 Å². The van der Waals surface area contributed by atoms with Gasteiger partial charge in [-0.25, -0.2) is 0 Å². The molecule has 1 aromatic heterocycles. The molecule has 0 saturated carbocycles. The van der Waals surface area contributed by atoms with Gasteiger partial charge >= 0.3 is 0 Å². The molecule has 0 atom stereocenters. The lowest BCUT2D eigenvalue weighted by Crippen LogP contribution is -2.40. The predicted octanol–water partition coefficient (Wildman–Crippen LogP) is 0.891. The molecular weight excluding hydrogens is 228 g/mol. The van der Waals surface area contributed by atoms with Crippen LogP contribution in [0.3, 0.4) is 0 Å². The number of hydrogen-bond donors (Lipinski definition) is 2. The summed E-state index contributed by atoms with van der Waals surface area (Å²) in [4.78, 5) is 17.9. The van der Waals surface area contributed by atoms with Crippen molar-refractivity contribution in [3.63, 3.8) is 0 Å². The highest BCUT2D eigenvalue weighted by Crippen LogP contribution is 2.17.